The molecule has 0 aliphatic carbocycles. The second-order valence-corrected chi connectivity index (χ2v) is 5.66. The van der Waals surface area contributed by atoms with Crippen LogP contribution in [0.5, 0.6) is 0 Å². The maximum atomic E-state index is 12.0. The summed E-state index contributed by atoms with van der Waals surface area (Å²) in [6.45, 7) is 7.02. The van der Waals surface area contributed by atoms with Gasteiger partial charge in [-0.2, -0.15) is 0 Å². The third kappa shape index (κ3) is 4.17. The lowest BCUT2D eigenvalue weighted by Crippen LogP contribution is -2.45. The van der Waals surface area contributed by atoms with Gasteiger partial charge in [-0.05, 0) is 12.5 Å². The molecule has 0 fully saturated rings. The molecule has 104 valence electrons. The minimum absolute atomic E-state index is 0.0684. The zero-order chi connectivity index (χ0) is 14.6. The first-order chi connectivity index (χ1) is 8.73. The lowest BCUT2D eigenvalue weighted by molar-refractivity contribution is -0.135. The fourth-order valence-electron chi connectivity index (χ4n) is 1.79. The van der Waals surface area contributed by atoms with E-state index in [-0.39, 0.29) is 5.78 Å². The summed E-state index contributed by atoms with van der Waals surface area (Å²) >= 11 is 0. The number of benzene rings is 1. The summed E-state index contributed by atoms with van der Waals surface area (Å²) in [6.07, 6.45) is -1.25. The van der Waals surface area contributed by atoms with Crippen molar-refractivity contribution in [3.63, 3.8) is 0 Å². The Bertz CT molecular complexity index is 448. The van der Waals surface area contributed by atoms with Crippen LogP contribution in [0.15, 0.2) is 30.3 Å². The van der Waals surface area contributed by atoms with E-state index in [9.17, 15) is 14.7 Å². The Kier molecular flexibility index (Phi) is 4.84. The molecule has 0 aromatic heterocycles. The molecule has 1 rings (SSSR count). The Morgan fingerprint density at radius 2 is 1.68 bits per heavy atom. The summed E-state index contributed by atoms with van der Waals surface area (Å²) in [5.41, 5.74) is -0.0138. The molecule has 0 spiro atoms. The van der Waals surface area contributed by atoms with E-state index in [0.29, 0.717) is 5.56 Å². The van der Waals surface area contributed by atoms with Crippen LogP contribution >= 0.6 is 0 Å². The summed E-state index contributed by atoms with van der Waals surface area (Å²) in [5, 5.41) is 12.4. The zero-order valence-electron chi connectivity index (χ0n) is 11.8. The molecule has 19 heavy (non-hydrogen) atoms. The average molecular weight is 263 g/mol. The van der Waals surface area contributed by atoms with E-state index in [1.165, 1.54) is 0 Å². The highest BCUT2D eigenvalue weighted by atomic mass is 16.3. The SMILES string of the molecule is C[C@H](NC(=O)[C@@H](O)c1ccccc1)C(=O)C(C)(C)C. The van der Waals surface area contributed by atoms with Crippen molar-refractivity contribution in [1.82, 2.24) is 5.32 Å². The number of ketones is 1. The second kappa shape index (κ2) is 5.97. The monoisotopic (exact) mass is 263 g/mol. The van der Waals surface area contributed by atoms with Gasteiger partial charge in [0, 0.05) is 5.41 Å². The van der Waals surface area contributed by atoms with Crippen molar-refractivity contribution in [3.05, 3.63) is 35.9 Å². The van der Waals surface area contributed by atoms with E-state index in [1.54, 1.807) is 58.0 Å². The number of hydrogen-bond donors (Lipinski definition) is 2. The summed E-state index contributed by atoms with van der Waals surface area (Å²) in [6, 6.07) is 8.01. The fourth-order valence-corrected chi connectivity index (χ4v) is 1.79. The molecule has 0 aliphatic rings. The van der Waals surface area contributed by atoms with Gasteiger partial charge in [0.1, 0.15) is 0 Å². The van der Waals surface area contributed by atoms with Gasteiger partial charge < -0.3 is 10.4 Å². The van der Waals surface area contributed by atoms with Gasteiger partial charge in [0.15, 0.2) is 11.9 Å². The van der Waals surface area contributed by atoms with Crippen LogP contribution in [0.1, 0.15) is 39.4 Å². The summed E-state index contributed by atoms with van der Waals surface area (Å²) in [5.74, 6) is -0.627. The van der Waals surface area contributed by atoms with Gasteiger partial charge in [-0.3, -0.25) is 9.59 Å². The number of carbonyl (C=O) groups excluding carboxylic acids is 2. The van der Waals surface area contributed by atoms with E-state index in [4.69, 9.17) is 0 Å². The van der Waals surface area contributed by atoms with Crippen molar-refractivity contribution in [2.75, 3.05) is 0 Å². The minimum Gasteiger partial charge on any atom is -0.378 e. The normalized spacial score (nSPS) is 14.6. The molecular formula is C15H21NO3. The number of Topliss-reactive ketones (excluding diaryl/α,β-unsaturated/α-hetero) is 1. The number of carbonyl (C=O) groups is 2. The Morgan fingerprint density at radius 3 is 2.16 bits per heavy atom. The fraction of sp³-hybridized carbons (Fsp3) is 0.467. The lowest BCUT2D eigenvalue weighted by Gasteiger charge is -2.23. The van der Waals surface area contributed by atoms with E-state index < -0.39 is 23.5 Å². The molecule has 4 heteroatoms. The molecule has 0 bridgehead atoms. The molecule has 0 radical (unpaired) electrons. The van der Waals surface area contributed by atoms with Crippen molar-refractivity contribution >= 4 is 11.7 Å². The topological polar surface area (TPSA) is 66.4 Å². The number of aliphatic hydroxyl groups is 1. The minimum atomic E-state index is -1.25. The van der Waals surface area contributed by atoms with Gasteiger partial charge in [0.25, 0.3) is 5.91 Å². The quantitative estimate of drug-likeness (QED) is 0.871. The summed E-state index contributed by atoms with van der Waals surface area (Å²) in [7, 11) is 0. The zero-order valence-corrected chi connectivity index (χ0v) is 11.8. The first kappa shape index (κ1) is 15.4. The number of nitrogens with one attached hydrogen (secondary N) is 1. The van der Waals surface area contributed by atoms with Crippen molar-refractivity contribution in [1.29, 1.82) is 0 Å². The molecule has 1 aromatic carbocycles. The third-order valence-corrected chi connectivity index (χ3v) is 2.85. The molecule has 0 heterocycles. The highest BCUT2D eigenvalue weighted by Crippen LogP contribution is 2.18. The third-order valence-electron chi connectivity index (χ3n) is 2.85. The van der Waals surface area contributed by atoms with Gasteiger partial charge in [0.2, 0.25) is 0 Å². The van der Waals surface area contributed by atoms with E-state index >= 15 is 0 Å². The van der Waals surface area contributed by atoms with Gasteiger partial charge >= 0.3 is 0 Å². The van der Waals surface area contributed by atoms with Crippen LogP contribution in [0, 0.1) is 5.41 Å². The van der Waals surface area contributed by atoms with Crippen molar-refractivity contribution in [2.45, 2.75) is 39.8 Å². The molecule has 0 aliphatic heterocycles. The molecule has 2 atom stereocenters. The molecule has 0 saturated heterocycles. The van der Waals surface area contributed by atoms with Crippen molar-refractivity contribution in [3.8, 4) is 0 Å². The van der Waals surface area contributed by atoms with E-state index in [1.807, 2.05) is 0 Å². The van der Waals surface area contributed by atoms with E-state index in [2.05, 4.69) is 5.32 Å². The molecule has 1 amide bonds. The number of hydrogen-bond acceptors (Lipinski definition) is 3. The molecule has 2 N–H and O–H groups in total. The predicted octanol–water partition coefficient (Wildman–Crippen LogP) is 1.84. The second-order valence-electron chi connectivity index (χ2n) is 5.66. The van der Waals surface area contributed by atoms with Gasteiger partial charge in [-0.15, -0.1) is 0 Å². The lowest BCUT2D eigenvalue weighted by atomic mass is 9.87. The Balaban J connectivity index is 2.68. The van der Waals surface area contributed by atoms with Crippen LogP contribution in [-0.2, 0) is 9.59 Å². The van der Waals surface area contributed by atoms with Crippen LogP contribution in [-0.4, -0.2) is 22.8 Å². The standard InChI is InChI=1S/C15H21NO3/c1-10(13(18)15(2,3)4)16-14(19)12(17)11-8-6-5-7-9-11/h5-10,12,17H,1-4H3,(H,16,19)/t10-,12-/m0/s1. The van der Waals surface area contributed by atoms with Crippen LogP contribution in [0.25, 0.3) is 0 Å². The Morgan fingerprint density at radius 1 is 1.16 bits per heavy atom. The van der Waals surface area contributed by atoms with Crippen LogP contribution in [0.3, 0.4) is 0 Å². The number of amides is 1. The number of rotatable bonds is 4. The molecular weight excluding hydrogens is 242 g/mol. The highest BCUT2D eigenvalue weighted by Gasteiger charge is 2.29. The average Bonchev–Trinajstić information content (AvgIpc) is 2.36. The van der Waals surface area contributed by atoms with Gasteiger partial charge in [-0.25, -0.2) is 0 Å². The van der Waals surface area contributed by atoms with Crippen molar-refractivity contribution < 1.29 is 14.7 Å². The van der Waals surface area contributed by atoms with Crippen LogP contribution in [0.4, 0.5) is 0 Å². The maximum Gasteiger partial charge on any atom is 0.254 e. The van der Waals surface area contributed by atoms with Crippen molar-refractivity contribution in [2.24, 2.45) is 5.41 Å². The Labute approximate surface area is 113 Å². The smallest absolute Gasteiger partial charge is 0.254 e. The first-order valence-electron chi connectivity index (χ1n) is 6.31. The van der Waals surface area contributed by atoms with Crippen LogP contribution < -0.4 is 5.32 Å². The maximum absolute atomic E-state index is 12.0. The molecule has 0 unspecified atom stereocenters. The Hall–Kier alpha value is -1.68. The predicted molar refractivity (Wildman–Crippen MR) is 73.5 cm³/mol. The first-order valence-corrected chi connectivity index (χ1v) is 6.31. The highest BCUT2D eigenvalue weighted by molar-refractivity contribution is 5.93. The van der Waals surface area contributed by atoms with E-state index in [0.717, 1.165) is 0 Å². The summed E-state index contributed by atoms with van der Waals surface area (Å²) in [4.78, 5) is 23.8. The van der Waals surface area contributed by atoms with Crippen LogP contribution in [0.2, 0.25) is 0 Å². The van der Waals surface area contributed by atoms with Gasteiger partial charge in [-0.1, -0.05) is 51.1 Å². The number of aliphatic hydroxyl groups excluding tert-OH is 1. The largest absolute Gasteiger partial charge is 0.378 e. The molecule has 1 aromatic rings. The molecule has 4 nitrogen and oxygen atoms in total. The molecule has 0 saturated carbocycles. The summed E-state index contributed by atoms with van der Waals surface area (Å²) < 4.78 is 0. The van der Waals surface area contributed by atoms with Gasteiger partial charge in [0.05, 0.1) is 6.04 Å².